The minimum absolute atomic E-state index is 0.00187. The zero-order chi connectivity index (χ0) is 12.8. The van der Waals surface area contributed by atoms with Gasteiger partial charge in [-0.15, -0.1) is 0 Å². The van der Waals surface area contributed by atoms with Crippen LogP contribution in [-0.4, -0.2) is 39.6 Å². The van der Waals surface area contributed by atoms with Gasteiger partial charge in [0, 0.05) is 18.4 Å². The van der Waals surface area contributed by atoms with E-state index < -0.39 is 12.0 Å². The van der Waals surface area contributed by atoms with Crippen LogP contribution in [0.5, 0.6) is 11.5 Å². The molecule has 17 heavy (non-hydrogen) atoms. The van der Waals surface area contributed by atoms with Crippen molar-refractivity contribution in [1.29, 1.82) is 0 Å². The summed E-state index contributed by atoms with van der Waals surface area (Å²) in [5.41, 5.74) is 0.651. The fourth-order valence-electron chi connectivity index (χ4n) is 1.37. The van der Waals surface area contributed by atoms with E-state index in [1.54, 1.807) is 6.07 Å². The van der Waals surface area contributed by atoms with Crippen LogP contribution < -0.4 is 5.32 Å². The van der Waals surface area contributed by atoms with Crippen molar-refractivity contribution in [2.75, 3.05) is 12.3 Å². The normalized spacial score (nSPS) is 12.3. The van der Waals surface area contributed by atoms with Gasteiger partial charge in [0.05, 0.1) is 0 Å². The molecule has 1 atom stereocenters. The van der Waals surface area contributed by atoms with Crippen molar-refractivity contribution in [1.82, 2.24) is 5.32 Å². The van der Waals surface area contributed by atoms with Crippen LogP contribution in [0.1, 0.15) is 5.56 Å². The predicted octanol–water partition coefficient (Wildman–Crippen LogP) is 0.613. The molecule has 0 spiro atoms. The number of carboxylic acids is 1. The van der Waals surface area contributed by atoms with Gasteiger partial charge in [0.2, 0.25) is 0 Å². The molecule has 0 bridgehead atoms. The van der Waals surface area contributed by atoms with Gasteiger partial charge in [0.1, 0.15) is 17.5 Å². The Morgan fingerprint density at radius 3 is 2.65 bits per heavy atom. The van der Waals surface area contributed by atoms with Crippen LogP contribution in [0, 0.1) is 0 Å². The highest BCUT2D eigenvalue weighted by atomic mass is 32.1. The lowest BCUT2D eigenvalue weighted by atomic mass is 10.1. The van der Waals surface area contributed by atoms with Gasteiger partial charge >= 0.3 is 5.97 Å². The number of rotatable bonds is 6. The van der Waals surface area contributed by atoms with E-state index in [1.165, 1.54) is 12.1 Å². The molecular formula is C11H15NO4S. The maximum absolute atomic E-state index is 10.7. The highest BCUT2D eigenvalue weighted by molar-refractivity contribution is 7.80. The average Bonchev–Trinajstić information content (AvgIpc) is 2.26. The van der Waals surface area contributed by atoms with Crippen LogP contribution >= 0.6 is 12.6 Å². The van der Waals surface area contributed by atoms with Crippen LogP contribution in [0.25, 0.3) is 0 Å². The maximum atomic E-state index is 10.7. The van der Waals surface area contributed by atoms with Gasteiger partial charge in [0.15, 0.2) is 0 Å². The zero-order valence-electron chi connectivity index (χ0n) is 9.13. The van der Waals surface area contributed by atoms with E-state index in [4.69, 9.17) is 10.2 Å². The van der Waals surface area contributed by atoms with Gasteiger partial charge in [-0.1, -0.05) is 6.07 Å². The summed E-state index contributed by atoms with van der Waals surface area (Å²) < 4.78 is 0. The third-order valence-corrected chi connectivity index (χ3v) is 2.70. The second-order valence-electron chi connectivity index (χ2n) is 3.59. The summed E-state index contributed by atoms with van der Waals surface area (Å²) in [6, 6.07) is 3.63. The number of aromatic hydroxyl groups is 2. The smallest absolute Gasteiger partial charge is 0.321 e. The molecule has 0 fully saturated rings. The number of benzene rings is 1. The molecule has 5 nitrogen and oxygen atoms in total. The monoisotopic (exact) mass is 257 g/mol. The molecule has 0 unspecified atom stereocenters. The Labute approximate surface area is 105 Å². The molecular weight excluding hydrogens is 242 g/mol. The summed E-state index contributed by atoms with van der Waals surface area (Å²) in [4.78, 5) is 10.7. The van der Waals surface area contributed by atoms with Crippen molar-refractivity contribution in [2.24, 2.45) is 0 Å². The first kappa shape index (κ1) is 13.7. The van der Waals surface area contributed by atoms with Crippen LogP contribution in [0.4, 0.5) is 0 Å². The number of carbonyl (C=O) groups is 1. The fourth-order valence-corrected chi connectivity index (χ4v) is 1.66. The van der Waals surface area contributed by atoms with E-state index in [0.29, 0.717) is 18.5 Å². The third-order valence-electron chi connectivity index (χ3n) is 2.33. The summed E-state index contributed by atoms with van der Waals surface area (Å²) >= 11 is 3.92. The number of phenolic OH excluding ortho intramolecular Hbond substituents is 2. The van der Waals surface area contributed by atoms with E-state index in [1.807, 2.05) is 0 Å². The Kier molecular flexibility index (Phi) is 5.11. The first-order chi connectivity index (χ1) is 8.04. The van der Waals surface area contributed by atoms with Gasteiger partial charge in [-0.05, 0) is 18.1 Å². The number of hydrogen-bond acceptors (Lipinski definition) is 5. The molecule has 0 aliphatic rings. The molecule has 1 rings (SSSR count). The second kappa shape index (κ2) is 6.36. The number of hydrogen-bond donors (Lipinski definition) is 5. The molecule has 0 heterocycles. The molecule has 0 saturated carbocycles. The van der Waals surface area contributed by atoms with E-state index in [2.05, 4.69) is 17.9 Å². The van der Waals surface area contributed by atoms with Crippen LogP contribution in [0.2, 0.25) is 0 Å². The summed E-state index contributed by atoms with van der Waals surface area (Å²) in [7, 11) is 0. The molecule has 0 radical (unpaired) electrons. The molecule has 6 heteroatoms. The third kappa shape index (κ3) is 4.16. The maximum Gasteiger partial charge on any atom is 0.321 e. The minimum Gasteiger partial charge on any atom is -0.508 e. The zero-order valence-corrected chi connectivity index (χ0v) is 10.0. The van der Waals surface area contributed by atoms with E-state index in [9.17, 15) is 9.90 Å². The minimum atomic E-state index is -0.949. The van der Waals surface area contributed by atoms with Crippen molar-refractivity contribution in [3.05, 3.63) is 23.8 Å². The van der Waals surface area contributed by atoms with Crippen LogP contribution in [0.3, 0.4) is 0 Å². The van der Waals surface area contributed by atoms with Crippen LogP contribution in [0.15, 0.2) is 18.2 Å². The lowest BCUT2D eigenvalue weighted by Gasteiger charge is -2.12. The molecule has 1 aromatic carbocycles. The Bertz CT molecular complexity index is 397. The van der Waals surface area contributed by atoms with Crippen molar-refractivity contribution >= 4 is 18.6 Å². The lowest BCUT2D eigenvalue weighted by molar-refractivity contribution is -0.138. The van der Waals surface area contributed by atoms with Gasteiger partial charge in [0.25, 0.3) is 0 Å². The quantitative estimate of drug-likeness (QED) is 0.482. The van der Waals surface area contributed by atoms with Crippen molar-refractivity contribution < 1.29 is 20.1 Å². The lowest BCUT2D eigenvalue weighted by Crippen LogP contribution is -2.39. The number of phenols is 2. The largest absolute Gasteiger partial charge is 0.508 e. The molecule has 0 aromatic heterocycles. The van der Waals surface area contributed by atoms with Crippen molar-refractivity contribution in [3.63, 3.8) is 0 Å². The average molecular weight is 257 g/mol. The molecule has 4 N–H and O–H groups in total. The molecule has 0 amide bonds. The van der Waals surface area contributed by atoms with Crippen molar-refractivity contribution in [3.8, 4) is 11.5 Å². The Morgan fingerprint density at radius 1 is 1.41 bits per heavy atom. The topological polar surface area (TPSA) is 89.8 Å². The Hall–Kier alpha value is -1.40. The van der Waals surface area contributed by atoms with Gasteiger partial charge < -0.3 is 20.6 Å². The summed E-state index contributed by atoms with van der Waals surface area (Å²) in [5, 5.41) is 30.2. The number of nitrogens with one attached hydrogen (secondary N) is 1. The SMILES string of the molecule is O=C(O)[C@H](CS)NCCc1ccc(O)cc1O. The first-order valence-corrected chi connectivity index (χ1v) is 5.75. The first-order valence-electron chi connectivity index (χ1n) is 5.12. The second-order valence-corrected chi connectivity index (χ2v) is 3.96. The highest BCUT2D eigenvalue weighted by Crippen LogP contribution is 2.22. The Morgan fingerprint density at radius 2 is 2.12 bits per heavy atom. The molecule has 0 aliphatic heterocycles. The predicted molar refractivity (Wildman–Crippen MR) is 66.8 cm³/mol. The standard InChI is InChI=1S/C11H15NO4S/c13-8-2-1-7(10(14)5-8)3-4-12-9(6-17)11(15)16/h1-2,5,9,12-14,17H,3-4,6H2,(H,15,16)/t9-/m0/s1. The number of aliphatic carboxylic acids is 1. The molecule has 0 aliphatic carbocycles. The van der Waals surface area contributed by atoms with Gasteiger partial charge in [-0.2, -0.15) is 12.6 Å². The summed E-state index contributed by atoms with van der Waals surface area (Å²) in [6.07, 6.45) is 0.476. The summed E-state index contributed by atoms with van der Waals surface area (Å²) in [6.45, 7) is 0.413. The van der Waals surface area contributed by atoms with E-state index in [0.717, 1.165) is 0 Å². The Balaban J connectivity index is 2.48. The van der Waals surface area contributed by atoms with Gasteiger partial charge in [-0.25, -0.2) is 0 Å². The number of thiol groups is 1. The van der Waals surface area contributed by atoms with Gasteiger partial charge in [-0.3, -0.25) is 4.79 Å². The highest BCUT2D eigenvalue weighted by Gasteiger charge is 2.14. The summed E-state index contributed by atoms with van der Waals surface area (Å²) in [5.74, 6) is -0.742. The fraction of sp³-hybridized carbons (Fsp3) is 0.364. The number of carboxylic acid groups (broad SMARTS) is 1. The molecule has 1 aromatic rings. The molecule has 94 valence electrons. The molecule has 0 saturated heterocycles. The van der Waals surface area contributed by atoms with E-state index in [-0.39, 0.29) is 17.3 Å². The van der Waals surface area contributed by atoms with Crippen molar-refractivity contribution in [2.45, 2.75) is 12.5 Å². The van der Waals surface area contributed by atoms with E-state index >= 15 is 0 Å². The van der Waals surface area contributed by atoms with Crippen LogP contribution in [-0.2, 0) is 11.2 Å².